The monoisotopic (exact) mass is 276 g/mol. The van der Waals surface area contributed by atoms with Crippen molar-refractivity contribution in [1.29, 1.82) is 0 Å². The number of nitrogens with zero attached hydrogens (tertiary/aromatic N) is 2. The van der Waals surface area contributed by atoms with Gasteiger partial charge in [0, 0.05) is 0 Å². The SMILES string of the molecule is Cc1ccc(Cn2c(N)c(N=O)c(=O)[nH]c2=S)cc1. The van der Waals surface area contributed by atoms with Crippen LogP contribution >= 0.6 is 12.2 Å². The van der Waals surface area contributed by atoms with Crippen LogP contribution in [0.3, 0.4) is 0 Å². The van der Waals surface area contributed by atoms with Crippen molar-refractivity contribution in [2.45, 2.75) is 13.5 Å². The number of nitroso groups, excluding NO2 is 1. The largest absolute Gasteiger partial charge is 0.383 e. The maximum Gasteiger partial charge on any atom is 0.283 e. The first-order valence-corrected chi connectivity index (χ1v) is 5.95. The molecule has 98 valence electrons. The highest BCUT2D eigenvalue weighted by Crippen LogP contribution is 2.17. The van der Waals surface area contributed by atoms with Gasteiger partial charge in [-0.2, -0.15) is 0 Å². The summed E-state index contributed by atoms with van der Waals surface area (Å²) in [5.41, 5.74) is 6.83. The Kier molecular flexibility index (Phi) is 3.57. The Balaban J connectivity index is 2.51. The normalized spacial score (nSPS) is 10.4. The Morgan fingerprint density at radius 2 is 2.00 bits per heavy atom. The fourth-order valence-electron chi connectivity index (χ4n) is 1.70. The van der Waals surface area contributed by atoms with Gasteiger partial charge in [0.1, 0.15) is 5.82 Å². The summed E-state index contributed by atoms with van der Waals surface area (Å²) >= 11 is 5.04. The minimum absolute atomic E-state index is 0.0238. The molecule has 0 aliphatic rings. The standard InChI is InChI=1S/C12H12N4O2S/c1-7-2-4-8(5-3-7)6-16-10(13)9(15-18)11(17)14-12(16)19/h2-5H,6,13H2,1H3,(H,14,17,19). The van der Waals surface area contributed by atoms with Gasteiger partial charge in [-0.25, -0.2) is 0 Å². The predicted molar refractivity (Wildman–Crippen MR) is 76.0 cm³/mol. The Morgan fingerprint density at radius 1 is 1.37 bits per heavy atom. The van der Waals surface area contributed by atoms with Crippen LogP contribution in [-0.2, 0) is 6.54 Å². The summed E-state index contributed by atoms with van der Waals surface area (Å²) < 4.78 is 1.63. The molecule has 0 fully saturated rings. The number of rotatable bonds is 3. The van der Waals surface area contributed by atoms with Gasteiger partial charge in [-0.3, -0.25) is 14.3 Å². The number of nitrogens with two attached hydrogens (primary N) is 1. The van der Waals surface area contributed by atoms with E-state index in [1.807, 2.05) is 31.2 Å². The third-order valence-electron chi connectivity index (χ3n) is 2.77. The molecule has 2 aromatic rings. The summed E-state index contributed by atoms with van der Waals surface area (Å²) in [5, 5.41) is 2.64. The van der Waals surface area contributed by atoms with Crippen molar-refractivity contribution in [1.82, 2.24) is 9.55 Å². The lowest BCUT2D eigenvalue weighted by atomic mass is 10.1. The predicted octanol–water partition coefficient (Wildman–Crippen LogP) is 2.24. The number of hydrogen-bond acceptors (Lipinski definition) is 5. The van der Waals surface area contributed by atoms with E-state index in [0.717, 1.165) is 11.1 Å². The summed E-state index contributed by atoms with van der Waals surface area (Å²) in [6.07, 6.45) is 0. The van der Waals surface area contributed by atoms with Crippen LogP contribution in [0.2, 0.25) is 0 Å². The van der Waals surface area contributed by atoms with Gasteiger partial charge in [0.25, 0.3) is 5.56 Å². The van der Waals surface area contributed by atoms with E-state index in [4.69, 9.17) is 18.0 Å². The average Bonchev–Trinajstić information content (AvgIpc) is 2.37. The molecule has 7 heteroatoms. The summed E-state index contributed by atoms with van der Waals surface area (Å²) in [5.74, 6) is -0.0238. The molecule has 6 nitrogen and oxygen atoms in total. The van der Waals surface area contributed by atoms with Crippen molar-refractivity contribution >= 4 is 23.7 Å². The number of anilines is 1. The molecule has 0 radical (unpaired) electrons. The van der Waals surface area contributed by atoms with E-state index in [-0.39, 0.29) is 16.3 Å². The fourth-order valence-corrected chi connectivity index (χ4v) is 1.95. The number of benzene rings is 1. The van der Waals surface area contributed by atoms with Crippen LogP contribution in [0, 0.1) is 16.6 Å². The number of hydrogen-bond donors (Lipinski definition) is 2. The van der Waals surface area contributed by atoms with Crippen molar-refractivity contribution in [2.75, 3.05) is 5.73 Å². The Bertz CT molecular complexity index is 731. The minimum atomic E-state index is -0.669. The number of aromatic nitrogens is 2. The Hall–Kier alpha value is -2.28. The van der Waals surface area contributed by atoms with Crippen LogP contribution in [0.1, 0.15) is 11.1 Å². The lowest BCUT2D eigenvalue weighted by Crippen LogP contribution is -2.18. The summed E-state index contributed by atoms with van der Waals surface area (Å²) in [6.45, 7) is 2.35. The minimum Gasteiger partial charge on any atom is -0.383 e. The molecule has 0 aliphatic carbocycles. The molecule has 2 rings (SSSR count). The van der Waals surface area contributed by atoms with E-state index in [2.05, 4.69) is 10.2 Å². The van der Waals surface area contributed by atoms with Crippen molar-refractivity contribution in [3.8, 4) is 0 Å². The molecule has 1 aromatic heterocycles. The number of nitrogens with one attached hydrogen (secondary N) is 1. The maximum atomic E-state index is 11.4. The molecule has 0 aliphatic heterocycles. The molecule has 0 amide bonds. The molecular weight excluding hydrogens is 264 g/mol. The first-order chi connectivity index (χ1) is 9.02. The molecule has 0 bridgehead atoms. The van der Waals surface area contributed by atoms with Gasteiger partial charge in [-0.15, -0.1) is 4.91 Å². The van der Waals surface area contributed by atoms with Crippen molar-refractivity contribution < 1.29 is 0 Å². The van der Waals surface area contributed by atoms with E-state index >= 15 is 0 Å². The zero-order chi connectivity index (χ0) is 14.0. The first-order valence-electron chi connectivity index (χ1n) is 5.54. The molecule has 0 spiro atoms. The van der Waals surface area contributed by atoms with Crippen molar-refractivity contribution in [3.05, 3.63) is 55.4 Å². The van der Waals surface area contributed by atoms with Gasteiger partial charge in [0.2, 0.25) is 5.69 Å². The first kappa shape index (κ1) is 13.2. The topological polar surface area (TPSA) is 93.2 Å². The summed E-state index contributed by atoms with van der Waals surface area (Å²) in [4.78, 5) is 24.4. The van der Waals surface area contributed by atoms with Crippen LogP contribution in [-0.4, -0.2) is 9.55 Å². The van der Waals surface area contributed by atoms with Crippen molar-refractivity contribution in [3.63, 3.8) is 0 Å². The zero-order valence-corrected chi connectivity index (χ0v) is 11.0. The van der Waals surface area contributed by atoms with Gasteiger partial charge in [-0.1, -0.05) is 29.8 Å². The Morgan fingerprint density at radius 3 is 2.58 bits per heavy atom. The van der Waals surface area contributed by atoms with Crippen molar-refractivity contribution in [2.24, 2.45) is 5.18 Å². The highest BCUT2D eigenvalue weighted by Gasteiger charge is 2.11. The second kappa shape index (κ2) is 5.15. The molecular formula is C12H12N4O2S. The Labute approximate surface area is 113 Å². The smallest absolute Gasteiger partial charge is 0.283 e. The van der Waals surface area contributed by atoms with E-state index in [1.54, 1.807) is 0 Å². The second-order valence-electron chi connectivity index (χ2n) is 4.16. The lowest BCUT2D eigenvalue weighted by Gasteiger charge is -2.11. The molecule has 1 heterocycles. The number of nitrogen functional groups attached to an aromatic ring is 1. The molecule has 0 unspecified atom stereocenters. The van der Waals surface area contributed by atoms with Crippen LogP contribution in [0.5, 0.6) is 0 Å². The van der Waals surface area contributed by atoms with Crippen LogP contribution in [0.4, 0.5) is 11.5 Å². The van der Waals surface area contributed by atoms with Crippen LogP contribution < -0.4 is 11.3 Å². The number of H-pyrrole nitrogens is 1. The van der Waals surface area contributed by atoms with E-state index in [9.17, 15) is 9.70 Å². The molecule has 0 saturated carbocycles. The van der Waals surface area contributed by atoms with Gasteiger partial charge < -0.3 is 5.73 Å². The van der Waals surface area contributed by atoms with E-state index in [1.165, 1.54) is 4.57 Å². The summed E-state index contributed by atoms with van der Waals surface area (Å²) in [6, 6.07) is 7.77. The summed E-state index contributed by atoms with van der Waals surface area (Å²) in [7, 11) is 0. The van der Waals surface area contributed by atoms with E-state index in [0.29, 0.717) is 6.54 Å². The van der Waals surface area contributed by atoms with Gasteiger partial charge in [-0.05, 0) is 29.9 Å². The lowest BCUT2D eigenvalue weighted by molar-refractivity contribution is 0.758. The molecule has 0 saturated heterocycles. The molecule has 1 aromatic carbocycles. The van der Waals surface area contributed by atoms with Crippen LogP contribution in [0.15, 0.2) is 34.2 Å². The molecule has 19 heavy (non-hydrogen) atoms. The highest BCUT2D eigenvalue weighted by atomic mass is 32.1. The maximum absolute atomic E-state index is 11.4. The number of aromatic amines is 1. The quantitative estimate of drug-likeness (QED) is 0.664. The highest BCUT2D eigenvalue weighted by molar-refractivity contribution is 7.71. The zero-order valence-electron chi connectivity index (χ0n) is 10.2. The van der Waals surface area contributed by atoms with Gasteiger partial charge in [0.05, 0.1) is 6.54 Å². The fraction of sp³-hybridized carbons (Fsp3) is 0.167. The van der Waals surface area contributed by atoms with Gasteiger partial charge >= 0.3 is 0 Å². The molecule has 0 atom stereocenters. The second-order valence-corrected chi connectivity index (χ2v) is 4.54. The van der Waals surface area contributed by atoms with Gasteiger partial charge in [0.15, 0.2) is 4.77 Å². The van der Waals surface area contributed by atoms with Crippen LogP contribution in [0.25, 0.3) is 0 Å². The van der Waals surface area contributed by atoms with E-state index < -0.39 is 5.56 Å². The number of aryl methyl sites for hydroxylation is 1. The molecule has 3 N–H and O–H groups in total. The average molecular weight is 276 g/mol. The third-order valence-corrected chi connectivity index (χ3v) is 3.09. The third kappa shape index (κ3) is 2.60.